The summed E-state index contributed by atoms with van der Waals surface area (Å²) in [5.41, 5.74) is 6.97. The number of aryl methyl sites for hydroxylation is 1. The number of nitrogens with two attached hydrogens (primary N) is 1. The first kappa shape index (κ1) is 13.8. The van der Waals surface area contributed by atoms with Gasteiger partial charge in [-0.05, 0) is 43.0 Å². The van der Waals surface area contributed by atoms with E-state index in [-0.39, 0.29) is 5.41 Å². The molecule has 0 atom stereocenters. The van der Waals surface area contributed by atoms with Crippen molar-refractivity contribution < 1.29 is 9.47 Å². The molecule has 0 aromatic heterocycles. The highest BCUT2D eigenvalue weighted by molar-refractivity contribution is 5.42. The third kappa shape index (κ3) is 4.27. The Bertz CT molecular complexity index is 361. The van der Waals surface area contributed by atoms with Crippen LogP contribution >= 0.6 is 0 Å². The van der Waals surface area contributed by atoms with Crippen LogP contribution in [0.1, 0.15) is 25.8 Å². The van der Waals surface area contributed by atoms with Crippen LogP contribution in [0.4, 0.5) is 0 Å². The second-order valence-electron chi connectivity index (χ2n) is 5.12. The largest absolute Gasteiger partial charge is 0.493 e. The minimum Gasteiger partial charge on any atom is -0.493 e. The van der Waals surface area contributed by atoms with Crippen LogP contribution in [0.3, 0.4) is 0 Å². The lowest BCUT2D eigenvalue weighted by Crippen LogP contribution is -2.25. The Morgan fingerprint density at radius 2 is 1.94 bits per heavy atom. The van der Waals surface area contributed by atoms with Crippen molar-refractivity contribution in [3.63, 3.8) is 0 Å². The maximum absolute atomic E-state index is 5.74. The van der Waals surface area contributed by atoms with E-state index in [0.29, 0.717) is 13.2 Å². The Morgan fingerprint density at radius 3 is 2.53 bits per heavy atom. The summed E-state index contributed by atoms with van der Waals surface area (Å²) in [7, 11) is 1.66. The first-order valence-corrected chi connectivity index (χ1v) is 5.96. The Morgan fingerprint density at radius 1 is 1.24 bits per heavy atom. The van der Waals surface area contributed by atoms with Crippen LogP contribution in [0.5, 0.6) is 11.5 Å². The molecule has 0 radical (unpaired) electrons. The van der Waals surface area contributed by atoms with Gasteiger partial charge in [0, 0.05) is 0 Å². The standard InChI is InChI=1S/C14H23NO2/c1-11-5-6-12(13(9-11)16-4)17-8-7-14(2,3)10-15/h5-6,9H,7-8,10,15H2,1-4H3. The van der Waals surface area contributed by atoms with Crippen molar-refractivity contribution in [2.24, 2.45) is 11.1 Å². The summed E-state index contributed by atoms with van der Waals surface area (Å²) in [5, 5.41) is 0. The SMILES string of the molecule is COc1cc(C)ccc1OCCC(C)(C)CN. The van der Waals surface area contributed by atoms with Crippen LogP contribution in [0.2, 0.25) is 0 Å². The average Bonchev–Trinajstić information content (AvgIpc) is 2.30. The highest BCUT2D eigenvalue weighted by Gasteiger charge is 2.15. The quantitative estimate of drug-likeness (QED) is 0.827. The molecule has 0 aliphatic carbocycles. The van der Waals surface area contributed by atoms with E-state index in [9.17, 15) is 0 Å². The lowest BCUT2D eigenvalue weighted by atomic mass is 9.90. The van der Waals surface area contributed by atoms with Crippen molar-refractivity contribution in [2.45, 2.75) is 27.2 Å². The molecule has 0 heterocycles. The van der Waals surface area contributed by atoms with Gasteiger partial charge in [0.1, 0.15) is 0 Å². The molecular formula is C14H23NO2. The Hall–Kier alpha value is -1.22. The Labute approximate surface area is 104 Å². The first-order valence-electron chi connectivity index (χ1n) is 5.96. The van der Waals surface area contributed by atoms with Crippen LogP contribution in [0.15, 0.2) is 18.2 Å². The molecule has 1 rings (SSSR count). The van der Waals surface area contributed by atoms with E-state index >= 15 is 0 Å². The third-order valence-corrected chi connectivity index (χ3v) is 2.91. The molecule has 17 heavy (non-hydrogen) atoms. The summed E-state index contributed by atoms with van der Waals surface area (Å²) in [5.74, 6) is 1.58. The second-order valence-corrected chi connectivity index (χ2v) is 5.12. The van der Waals surface area contributed by atoms with E-state index in [1.54, 1.807) is 7.11 Å². The number of methoxy groups -OCH3 is 1. The lowest BCUT2D eigenvalue weighted by Gasteiger charge is -2.22. The van der Waals surface area contributed by atoms with Crippen LogP contribution in [0, 0.1) is 12.3 Å². The highest BCUT2D eigenvalue weighted by Crippen LogP contribution is 2.28. The molecule has 0 saturated heterocycles. The predicted molar refractivity (Wildman–Crippen MR) is 70.7 cm³/mol. The van der Waals surface area contributed by atoms with Gasteiger partial charge in [-0.3, -0.25) is 0 Å². The monoisotopic (exact) mass is 237 g/mol. The highest BCUT2D eigenvalue weighted by atomic mass is 16.5. The molecule has 2 N–H and O–H groups in total. The molecule has 0 spiro atoms. The van der Waals surface area contributed by atoms with E-state index in [1.165, 1.54) is 0 Å². The minimum atomic E-state index is 0.123. The average molecular weight is 237 g/mol. The summed E-state index contributed by atoms with van der Waals surface area (Å²) in [6.07, 6.45) is 0.931. The maximum atomic E-state index is 5.74. The van der Waals surface area contributed by atoms with Gasteiger partial charge in [-0.25, -0.2) is 0 Å². The van der Waals surface area contributed by atoms with Gasteiger partial charge in [0.25, 0.3) is 0 Å². The minimum absolute atomic E-state index is 0.123. The van der Waals surface area contributed by atoms with Crippen LogP contribution in [-0.4, -0.2) is 20.3 Å². The van der Waals surface area contributed by atoms with Gasteiger partial charge in [0.15, 0.2) is 11.5 Å². The van der Waals surface area contributed by atoms with Crippen molar-refractivity contribution in [1.82, 2.24) is 0 Å². The van der Waals surface area contributed by atoms with Gasteiger partial charge in [-0.2, -0.15) is 0 Å². The number of hydrogen-bond donors (Lipinski definition) is 1. The lowest BCUT2D eigenvalue weighted by molar-refractivity contribution is 0.226. The fourth-order valence-electron chi connectivity index (χ4n) is 1.43. The Kier molecular flexibility index (Phi) is 4.82. The molecule has 3 nitrogen and oxygen atoms in total. The zero-order valence-corrected chi connectivity index (χ0v) is 11.2. The fourth-order valence-corrected chi connectivity index (χ4v) is 1.43. The molecule has 3 heteroatoms. The number of benzene rings is 1. The number of hydrogen-bond acceptors (Lipinski definition) is 3. The normalized spacial score (nSPS) is 11.4. The van der Waals surface area contributed by atoms with E-state index < -0.39 is 0 Å². The summed E-state index contributed by atoms with van der Waals surface area (Å²) in [6, 6.07) is 5.94. The van der Waals surface area contributed by atoms with Crippen molar-refractivity contribution in [3.05, 3.63) is 23.8 Å². The zero-order valence-electron chi connectivity index (χ0n) is 11.2. The summed E-state index contributed by atoms with van der Waals surface area (Å²) >= 11 is 0. The van der Waals surface area contributed by atoms with Crippen LogP contribution in [0.25, 0.3) is 0 Å². The van der Waals surface area contributed by atoms with Gasteiger partial charge < -0.3 is 15.2 Å². The molecule has 1 aromatic rings. The molecule has 0 aliphatic rings. The molecule has 0 amide bonds. The molecule has 0 fully saturated rings. The van der Waals surface area contributed by atoms with Crippen LogP contribution < -0.4 is 15.2 Å². The zero-order chi connectivity index (χ0) is 12.9. The van der Waals surface area contributed by atoms with Crippen LogP contribution in [-0.2, 0) is 0 Å². The molecule has 0 unspecified atom stereocenters. The van der Waals surface area contributed by atoms with Gasteiger partial charge in [-0.1, -0.05) is 19.9 Å². The topological polar surface area (TPSA) is 44.5 Å². The second kappa shape index (κ2) is 5.92. The summed E-state index contributed by atoms with van der Waals surface area (Å²) in [4.78, 5) is 0. The Balaban J connectivity index is 2.57. The molecule has 0 bridgehead atoms. The van der Waals surface area contributed by atoms with Gasteiger partial charge in [0.05, 0.1) is 13.7 Å². The van der Waals surface area contributed by atoms with E-state index in [2.05, 4.69) is 13.8 Å². The van der Waals surface area contributed by atoms with Gasteiger partial charge in [-0.15, -0.1) is 0 Å². The first-order chi connectivity index (χ1) is 7.98. The molecule has 1 aromatic carbocycles. The maximum Gasteiger partial charge on any atom is 0.161 e. The molecule has 96 valence electrons. The van der Waals surface area contributed by atoms with Crippen molar-refractivity contribution in [3.8, 4) is 11.5 Å². The molecule has 0 aliphatic heterocycles. The van der Waals surface area contributed by atoms with Crippen molar-refractivity contribution in [2.75, 3.05) is 20.3 Å². The third-order valence-electron chi connectivity index (χ3n) is 2.91. The fraction of sp³-hybridized carbons (Fsp3) is 0.571. The predicted octanol–water partition coefficient (Wildman–Crippen LogP) is 2.76. The van der Waals surface area contributed by atoms with E-state index in [4.69, 9.17) is 15.2 Å². The number of rotatable bonds is 6. The smallest absolute Gasteiger partial charge is 0.161 e. The van der Waals surface area contributed by atoms with Gasteiger partial charge in [0.2, 0.25) is 0 Å². The van der Waals surface area contributed by atoms with E-state index in [1.807, 2.05) is 25.1 Å². The summed E-state index contributed by atoms with van der Waals surface area (Å²) in [6.45, 7) is 7.64. The summed E-state index contributed by atoms with van der Waals surface area (Å²) < 4.78 is 11.0. The van der Waals surface area contributed by atoms with E-state index in [0.717, 1.165) is 23.5 Å². The van der Waals surface area contributed by atoms with Crippen molar-refractivity contribution >= 4 is 0 Å². The van der Waals surface area contributed by atoms with Gasteiger partial charge >= 0.3 is 0 Å². The number of ether oxygens (including phenoxy) is 2. The molecule has 0 saturated carbocycles. The van der Waals surface area contributed by atoms with Crippen molar-refractivity contribution in [1.29, 1.82) is 0 Å². The molecular weight excluding hydrogens is 214 g/mol.